The maximum atomic E-state index is 2.44. The van der Waals surface area contributed by atoms with E-state index < -0.39 is 0 Å². The van der Waals surface area contributed by atoms with Gasteiger partial charge in [0.25, 0.3) is 0 Å². The van der Waals surface area contributed by atoms with E-state index >= 15 is 0 Å². The number of hydrogen-bond donors (Lipinski definition) is 0. The summed E-state index contributed by atoms with van der Waals surface area (Å²) in [6, 6.07) is 86.3. The fourth-order valence-corrected chi connectivity index (χ4v) is 9.80. The first-order chi connectivity index (χ1) is 29.7. The van der Waals surface area contributed by atoms with Gasteiger partial charge in [-0.25, -0.2) is 0 Å². The molecule has 0 N–H and O–H groups in total. The van der Waals surface area contributed by atoms with Gasteiger partial charge in [0.15, 0.2) is 0 Å². The number of hydrogen-bond acceptors (Lipinski definition) is 2. The van der Waals surface area contributed by atoms with Crippen LogP contribution in [0.2, 0.25) is 0 Å². The SMILES string of the molecule is c1ccc(-c2cc(-c3ccccc3)cc(-c3ccc(N(c4ccc5sc6ccccc6c5c4)c4ccccc4-c4cccc(-c5cccc6ccccc56)c4)cc3)c2)cc1. The molecule has 0 unspecified atom stereocenters. The highest BCUT2D eigenvalue weighted by Crippen LogP contribution is 2.45. The molecule has 0 radical (unpaired) electrons. The summed E-state index contributed by atoms with van der Waals surface area (Å²) in [5.41, 5.74) is 15.3. The third-order valence-electron chi connectivity index (χ3n) is 11.6. The number of anilines is 3. The molecule has 0 aliphatic carbocycles. The number of thiophene rings is 1. The van der Waals surface area contributed by atoms with E-state index in [1.807, 2.05) is 11.3 Å². The zero-order valence-corrected chi connectivity index (χ0v) is 33.7. The molecular formula is C58H39NS. The van der Waals surface area contributed by atoms with Crippen molar-refractivity contribution >= 4 is 59.3 Å². The van der Waals surface area contributed by atoms with Gasteiger partial charge in [0, 0.05) is 37.1 Å². The molecule has 11 rings (SSSR count). The average Bonchev–Trinajstić information content (AvgIpc) is 3.70. The summed E-state index contributed by atoms with van der Waals surface area (Å²) >= 11 is 1.85. The largest absolute Gasteiger partial charge is 0.310 e. The minimum atomic E-state index is 1.10. The van der Waals surface area contributed by atoms with E-state index in [2.05, 4.69) is 241 Å². The van der Waals surface area contributed by atoms with Crippen LogP contribution in [0.3, 0.4) is 0 Å². The minimum Gasteiger partial charge on any atom is -0.310 e. The van der Waals surface area contributed by atoms with Crippen LogP contribution in [0, 0.1) is 0 Å². The average molecular weight is 782 g/mol. The highest BCUT2D eigenvalue weighted by molar-refractivity contribution is 7.25. The third kappa shape index (κ3) is 6.63. The van der Waals surface area contributed by atoms with Crippen LogP contribution in [0.5, 0.6) is 0 Å². The Bertz CT molecular complexity index is 3250. The van der Waals surface area contributed by atoms with Crippen molar-refractivity contribution in [3.05, 3.63) is 237 Å². The van der Waals surface area contributed by atoms with Crippen molar-refractivity contribution in [3.8, 4) is 55.6 Å². The first-order valence-corrected chi connectivity index (χ1v) is 21.3. The maximum Gasteiger partial charge on any atom is 0.0540 e. The van der Waals surface area contributed by atoms with Crippen molar-refractivity contribution in [1.29, 1.82) is 0 Å². The Morgan fingerprint density at radius 1 is 0.267 bits per heavy atom. The zero-order valence-electron chi connectivity index (χ0n) is 32.9. The second-order valence-electron chi connectivity index (χ2n) is 15.3. The van der Waals surface area contributed by atoms with Crippen LogP contribution in [0.15, 0.2) is 237 Å². The highest BCUT2D eigenvalue weighted by Gasteiger charge is 2.19. The van der Waals surface area contributed by atoms with Gasteiger partial charge in [-0.05, 0) is 128 Å². The molecule has 0 fully saturated rings. The molecule has 0 amide bonds. The van der Waals surface area contributed by atoms with E-state index in [9.17, 15) is 0 Å². The van der Waals surface area contributed by atoms with Crippen molar-refractivity contribution in [1.82, 2.24) is 0 Å². The van der Waals surface area contributed by atoms with Gasteiger partial charge in [-0.3, -0.25) is 0 Å². The maximum absolute atomic E-state index is 2.44. The molecule has 10 aromatic carbocycles. The van der Waals surface area contributed by atoms with Crippen LogP contribution in [-0.4, -0.2) is 0 Å². The van der Waals surface area contributed by atoms with Crippen LogP contribution < -0.4 is 4.90 Å². The lowest BCUT2D eigenvalue weighted by Crippen LogP contribution is -2.11. The molecule has 2 heteroatoms. The van der Waals surface area contributed by atoms with Gasteiger partial charge in [0.2, 0.25) is 0 Å². The smallest absolute Gasteiger partial charge is 0.0540 e. The Balaban J connectivity index is 1.06. The van der Waals surface area contributed by atoms with Gasteiger partial charge in [0.05, 0.1) is 5.69 Å². The second-order valence-corrected chi connectivity index (χ2v) is 16.4. The molecule has 0 saturated carbocycles. The van der Waals surface area contributed by atoms with Crippen LogP contribution in [0.4, 0.5) is 17.1 Å². The fraction of sp³-hybridized carbons (Fsp3) is 0. The normalized spacial score (nSPS) is 11.3. The summed E-state index contributed by atoms with van der Waals surface area (Å²) < 4.78 is 2.60. The van der Waals surface area contributed by atoms with E-state index in [0.717, 1.165) is 17.1 Å². The Labute approximate surface area is 354 Å². The van der Waals surface area contributed by atoms with Gasteiger partial charge < -0.3 is 4.90 Å². The van der Waals surface area contributed by atoms with Crippen LogP contribution in [-0.2, 0) is 0 Å². The highest BCUT2D eigenvalue weighted by atomic mass is 32.1. The molecule has 0 aliphatic rings. The first kappa shape index (κ1) is 35.6. The molecular weight excluding hydrogens is 743 g/mol. The summed E-state index contributed by atoms with van der Waals surface area (Å²) in [6.45, 7) is 0. The first-order valence-electron chi connectivity index (χ1n) is 20.5. The summed E-state index contributed by atoms with van der Waals surface area (Å²) in [5.74, 6) is 0. The summed E-state index contributed by atoms with van der Waals surface area (Å²) in [7, 11) is 0. The topological polar surface area (TPSA) is 3.24 Å². The molecule has 0 spiro atoms. The zero-order chi connectivity index (χ0) is 39.8. The lowest BCUT2D eigenvalue weighted by atomic mass is 9.93. The molecule has 60 heavy (non-hydrogen) atoms. The van der Waals surface area contributed by atoms with Crippen molar-refractivity contribution in [2.24, 2.45) is 0 Å². The number of benzene rings is 10. The molecule has 0 atom stereocenters. The molecule has 1 nitrogen and oxygen atoms in total. The molecule has 0 aliphatic heterocycles. The predicted octanol–water partition coefficient (Wildman–Crippen LogP) is 17.0. The van der Waals surface area contributed by atoms with Gasteiger partial charge in [-0.15, -0.1) is 11.3 Å². The lowest BCUT2D eigenvalue weighted by molar-refractivity contribution is 1.29. The summed E-state index contributed by atoms with van der Waals surface area (Å²) in [6.07, 6.45) is 0. The van der Waals surface area contributed by atoms with Crippen molar-refractivity contribution in [2.75, 3.05) is 4.90 Å². The van der Waals surface area contributed by atoms with E-state index in [1.165, 1.54) is 86.6 Å². The van der Waals surface area contributed by atoms with E-state index in [4.69, 9.17) is 0 Å². The van der Waals surface area contributed by atoms with E-state index in [1.54, 1.807) is 0 Å². The van der Waals surface area contributed by atoms with Gasteiger partial charge in [-0.2, -0.15) is 0 Å². The Morgan fingerprint density at radius 3 is 1.48 bits per heavy atom. The second kappa shape index (κ2) is 15.3. The van der Waals surface area contributed by atoms with Gasteiger partial charge >= 0.3 is 0 Å². The van der Waals surface area contributed by atoms with Crippen molar-refractivity contribution in [3.63, 3.8) is 0 Å². The Morgan fingerprint density at radius 2 is 0.750 bits per heavy atom. The monoisotopic (exact) mass is 781 g/mol. The molecule has 1 aromatic heterocycles. The van der Waals surface area contributed by atoms with Gasteiger partial charge in [-0.1, -0.05) is 170 Å². The Kier molecular flexibility index (Phi) is 9.11. The molecule has 0 bridgehead atoms. The molecule has 0 saturated heterocycles. The van der Waals surface area contributed by atoms with E-state index in [0.29, 0.717) is 0 Å². The minimum absolute atomic E-state index is 1.10. The predicted molar refractivity (Wildman–Crippen MR) is 259 cm³/mol. The summed E-state index contributed by atoms with van der Waals surface area (Å²) in [4.78, 5) is 2.44. The van der Waals surface area contributed by atoms with Crippen molar-refractivity contribution < 1.29 is 0 Å². The molecule has 11 aromatic rings. The fourth-order valence-electron chi connectivity index (χ4n) is 8.72. The van der Waals surface area contributed by atoms with Crippen molar-refractivity contribution in [2.45, 2.75) is 0 Å². The van der Waals surface area contributed by atoms with Crippen LogP contribution >= 0.6 is 11.3 Å². The number of para-hydroxylation sites is 1. The molecule has 282 valence electrons. The third-order valence-corrected chi connectivity index (χ3v) is 12.8. The lowest BCUT2D eigenvalue weighted by Gasteiger charge is -2.28. The Hall–Kier alpha value is -7.52. The van der Waals surface area contributed by atoms with Crippen LogP contribution in [0.25, 0.3) is 86.6 Å². The standard InChI is InChI=1S/C58H39NS/c1-3-15-40(16-4-1)46-36-47(41-17-5-2-6-18-41)38-48(37-46)42-29-31-49(32-30-42)59(50-33-34-58-55(39-50)54-25-10-12-28-57(54)60-58)56-27-11-9-24-53(56)45-22-13-21-44(35-45)52-26-14-20-43-19-7-8-23-51(43)52/h1-39H. The summed E-state index contributed by atoms with van der Waals surface area (Å²) in [5, 5.41) is 5.07. The van der Waals surface area contributed by atoms with Crippen LogP contribution in [0.1, 0.15) is 0 Å². The van der Waals surface area contributed by atoms with Gasteiger partial charge in [0.1, 0.15) is 0 Å². The number of nitrogens with zero attached hydrogens (tertiary/aromatic N) is 1. The number of fused-ring (bicyclic) bond motifs is 4. The number of rotatable bonds is 8. The van der Waals surface area contributed by atoms with E-state index in [-0.39, 0.29) is 0 Å². The molecule has 1 heterocycles. The quantitative estimate of drug-likeness (QED) is 0.148.